The first-order valence-corrected chi connectivity index (χ1v) is 7.42. The van der Waals surface area contributed by atoms with Crippen molar-refractivity contribution in [2.75, 3.05) is 13.7 Å². The number of hydrogen-bond acceptors (Lipinski definition) is 4. The predicted octanol–water partition coefficient (Wildman–Crippen LogP) is 4.52. The zero-order chi connectivity index (χ0) is 13.7. The van der Waals surface area contributed by atoms with Crippen molar-refractivity contribution >= 4 is 34.5 Å². The maximum atomic E-state index is 5.91. The molecule has 0 aliphatic heterocycles. The molecule has 0 aliphatic carbocycles. The Hall–Kier alpha value is -0.810. The Bertz CT molecular complexity index is 528. The highest BCUT2D eigenvalue weighted by molar-refractivity contribution is 7.14. The van der Waals surface area contributed by atoms with E-state index in [4.69, 9.17) is 32.7 Å². The van der Waals surface area contributed by atoms with Crippen LogP contribution in [0.4, 0.5) is 0 Å². The standard InChI is InChI=1S/C13H13Cl2NO2S/c1-17-7-6-9-2-4-10(5-3-9)18-13-16-12(15)11(8-14)19-13/h2-5H,6-8H2,1H3. The highest BCUT2D eigenvalue weighted by atomic mass is 35.5. The van der Waals surface area contributed by atoms with Crippen LogP contribution in [0.3, 0.4) is 0 Å². The number of rotatable bonds is 6. The number of alkyl halides is 1. The molecule has 0 atom stereocenters. The van der Waals surface area contributed by atoms with Crippen molar-refractivity contribution in [2.45, 2.75) is 12.3 Å². The van der Waals surface area contributed by atoms with E-state index in [1.165, 1.54) is 16.9 Å². The van der Waals surface area contributed by atoms with Crippen molar-refractivity contribution in [3.63, 3.8) is 0 Å². The third kappa shape index (κ3) is 4.08. The van der Waals surface area contributed by atoms with E-state index in [0.29, 0.717) is 22.8 Å². The van der Waals surface area contributed by atoms with Crippen LogP contribution in [0.2, 0.25) is 5.15 Å². The second kappa shape index (κ2) is 7.10. The molecule has 0 saturated heterocycles. The molecule has 3 nitrogen and oxygen atoms in total. The highest BCUT2D eigenvalue weighted by Gasteiger charge is 2.10. The second-order valence-electron chi connectivity index (χ2n) is 3.82. The average molecular weight is 318 g/mol. The minimum atomic E-state index is 0.343. The van der Waals surface area contributed by atoms with E-state index in [1.54, 1.807) is 7.11 Å². The quantitative estimate of drug-likeness (QED) is 0.734. The molecule has 102 valence electrons. The van der Waals surface area contributed by atoms with Gasteiger partial charge in [0.15, 0.2) is 0 Å². The number of halogens is 2. The molecule has 0 spiro atoms. The molecule has 1 heterocycles. The zero-order valence-corrected chi connectivity index (χ0v) is 12.7. The Morgan fingerprint density at radius 3 is 2.58 bits per heavy atom. The van der Waals surface area contributed by atoms with Crippen molar-refractivity contribution in [3.8, 4) is 10.9 Å². The fourth-order valence-corrected chi connectivity index (χ4v) is 2.82. The first-order chi connectivity index (χ1) is 9.22. The van der Waals surface area contributed by atoms with Gasteiger partial charge in [0.2, 0.25) is 0 Å². The van der Waals surface area contributed by atoms with E-state index in [1.807, 2.05) is 24.3 Å². The molecule has 0 bridgehead atoms. The maximum Gasteiger partial charge on any atom is 0.280 e. The van der Waals surface area contributed by atoms with Crippen LogP contribution in [0.15, 0.2) is 24.3 Å². The van der Waals surface area contributed by atoms with Gasteiger partial charge in [0.05, 0.1) is 17.4 Å². The fraction of sp³-hybridized carbons (Fsp3) is 0.308. The van der Waals surface area contributed by atoms with Crippen LogP contribution in [-0.2, 0) is 17.0 Å². The lowest BCUT2D eigenvalue weighted by molar-refractivity contribution is 0.202. The molecule has 0 N–H and O–H groups in total. The van der Waals surface area contributed by atoms with Crippen molar-refractivity contribution in [3.05, 3.63) is 39.9 Å². The molecule has 6 heteroatoms. The molecule has 0 unspecified atom stereocenters. The van der Waals surface area contributed by atoms with Crippen LogP contribution in [0.5, 0.6) is 10.9 Å². The van der Waals surface area contributed by atoms with Crippen molar-refractivity contribution in [1.82, 2.24) is 4.98 Å². The smallest absolute Gasteiger partial charge is 0.280 e. The highest BCUT2D eigenvalue weighted by Crippen LogP contribution is 2.32. The van der Waals surface area contributed by atoms with Gasteiger partial charge in [-0.1, -0.05) is 35.1 Å². The molecule has 1 aromatic carbocycles. The minimum Gasteiger partial charge on any atom is -0.431 e. The summed E-state index contributed by atoms with van der Waals surface area (Å²) in [5, 5.41) is 0.914. The summed E-state index contributed by atoms with van der Waals surface area (Å²) in [6, 6.07) is 7.82. The molecule has 0 radical (unpaired) electrons. The van der Waals surface area contributed by atoms with Crippen LogP contribution < -0.4 is 4.74 Å². The Morgan fingerprint density at radius 1 is 1.26 bits per heavy atom. The number of methoxy groups -OCH3 is 1. The summed E-state index contributed by atoms with van der Waals surface area (Å²) >= 11 is 13.0. The molecular formula is C13H13Cl2NO2S. The Morgan fingerprint density at radius 2 is 2.00 bits per heavy atom. The molecule has 0 fully saturated rings. The van der Waals surface area contributed by atoms with Gasteiger partial charge in [0.25, 0.3) is 5.19 Å². The monoisotopic (exact) mass is 317 g/mol. The van der Waals surface area contributed by atoms with Gasteiger partial charge in [-0.25, -0.2) is 0 Å². The van der Waals surface area contributed by atoms with Crippen LogP contribution >= 0.6 is 34.5 Å². The number of ether oxygens (including phenoxy) is 2. The summed E-state index contributed by atoms with van der Waals surface area (Å²) in [5.41, 5.74) is 1.20. The SMILES string of the molecule is COCCc1ccc(Oc2nc(Cl)c(CCl)s2)cc1. The second-order valence-corrected chi connectivity index (χ2v) is 5.49. The number of benzene rings is 1. The lowest BCUT2D eigenvalue weighted by Crippen LogP contribution is -1.94. The van der Waals surface area contributed by atoms with Gasteiger partial charge in [-0.05, 0) is 24.1 Å². The summed E-state index contributed by atoms with van der Waals surface area (Å²) in [7, 11) is 1.69. The van der Waals surface area contributed by atoms with Crippen LogP contribution in [0.1, 0.15) is 10.4 Å². The van der Waals surface area contributed by atoms with E-state index < -0.39 is 0 Å². The van der Waals surface area contributed by atoms with E-state index in [9.17, 15) is 0 Å². The topological polar surface area (TPSA) is 31.4 Å². The number of hydrogen-bond donors (Lipinski definition) is 0. The molecular weight excluding hydrogens is 305 g/mol. The predicted molar refractivity (Wildman–Crippen MR) is 78.8 cm³/mol. The number of nitrogens with zero attached hydrogens (tertiary/aromatic N) is 1. The van der Waals surface area contributed by atoms with E-state index in [2.05, 4.69) is 4.98 Å². The van der Waals surface area contributed by atoms with Crippen molar-refractivity contribution in [2.24, 2.45) is 0 Å². The Balaban J connectivity index is 2.02. The summed E-state index contributed by atoms with van der Waals surface area (Å²) < 4.78 is 10.7. The maximum absolute atomic E-state index is 5.91. The van der Waals surface area contributed by atoms with Crippen LogP contribution in [0, 0.1) is 0 Å². The van der Waals surface area contributed by atoms with E-state index >= 15 is 0 Å². The van der Waals surface area contributed by atoms with Crippen molar-refractivity contribution in [1.29, 1.82) is 0 Å². The average Bonchev–Trinajstić information content (AvgIpc) is 2.78. The van der Waals surface area contributed by atoms with Gasteiger partial charge in [0.1, 0.15) is 10.9 Å². The van der Waals surface area contributed by atoms with Gasteiger partial charge in [-0.15, -0.1) is 11.6 Å². The Kier molecular flexibility index (Phi) is 5.45. The Labute approximate surface area is 126 Å². The normalized spacial score (nSPS) is 10.7. The first-order valence-electron chi connectivity index (χ1n) is 5.70. The van der Waals surface area contributed by atoms with Gasteiger partial charge >= 0.3 is 0 Å². The van der Waals surface area contributed by atoms with Crippen LogP contribution in [0.25, 0.3) is 0 Å². The van der Waals surface area contributed by atoms with E-state index in [-0.39, 0.29) is 0 Å². The minimum absolute atomic E-state index is 0.343. The van der Waals surface area contributed by atoms with Gasteiger partial charge < -0.3 is 9.47 Å². The molecule has 2 rings (SSSR count). The first kappa shape index (κ1) is 14.6. The van der Waals surface area contributed by atoms with Gasteiger partial charge in [-0.2, -0.15) is 4.98 Å². The molecule has 19 heavy (non-hydrogen) atoms. The summed E-state index contributed by atoms with van der Waals surface area (Å²) in [6.45, 7) is 0.710. The summed E-state index contributed by atoms with van der Waals surface area (Å²) in [4.78, 5) is 4.92. The third-order valence-corrected chi connectivity index (χ3v) is 4.26. The molecule has 2 aromatic rings. The number of aromatic nitrogens is 1. The molecule has 0 saturated carbocycles. The van der Waals surface area contributed by atoms with Gasteiger partial charge in [-0.3, -0.25) is 0 Å². The molecule has 0 amide bonds. The summed E-state index contributed by atoms with van der Waals surface area (Å²) in [5.74, 6) is 1.07. The van der Waals surface area contributed by atoms with Gasteiger partial charge in [0, 0.05) is 7.11 Å². The molecule has 1 aromatic heterocycles. The summed E-state index contributed by atoms with van der Waals surface area (Å²) in [6.07, 6.45) is 0.885. The molecule has 0 aliphatic rings. The lowest BCUT2D eigenvalue weighted by Gasteiger charge is -2.03. The van der Waals surface area contributed by atoms with Crippen LogP contribution in [-0.4, -0.2) is 18.7 Å². The number of thiazole rings is 1. The lowest BCUT2D eigenvalue weighted by atomic mass is 10.1. The third-order valence-electron chi connectivity index (χ3n) is 2.47. The zero-order valence-electron chi connectivity index (χ0n) is 10.4. The largest absolute Gasteiger partial charge is 0.431 e. The fourth-order valence-electron chi connectivity index (χ4n) is 1.48. The van der Waals surface area contributed by atoms with Crippen molar-refractivity contribution < 1.29 is 9.47 Å². The van der Waals surface area contributed by atoms with E-state index in [0.717, 1.165) is 17.0 Å².